The van der Waals surface area contributed by atoms with Gasteiger partial charge in [0.05, 0.1) is 19.2 Å². The number of benzene rings is 1. The molecule has 1 aromatic heterocycles. The molecule has 2 rings (SSSR count). The SMILES string of the molecule is CCCNC(Cc1nccs1)c1ccc(OC)cc1OC. The van der Waals surface area contributed by atoms with Crippen LogP contribution >= 0.6 is 11.3 Å². The second-order valence-corrected chi connectivity index (χ2v) is 5.72. The van der Waals surface area contributed by atoms with Crippen molar-refractivity contribution in [2.24, 2.45) is 0 Å². The van der Waals surface area contributed by atoms with E-state index in [1.54, 1.807) is 25.6 Å². The number of hydrogen-bond donors (Lipinski definition) is 1. The van der Waals surface area contributed by atoms with Crippen molar-refractivity contribution < 1.29 is 9.47 Å². The third-order valence-corrected chi connectivity index (χ3v) is 4.12. The van der Waals surface area contributed by atoms with Crippen LogP contribution < -0.4 is 14.8 Å². The van der Waals surface area contributed by atoms with Gasteiger partial charge in [0, 0.05) is 35.7 Å². The summed E-state index contributed by atoms with van der Waals surface area (Å²) in [5, 5.41) is 6.72. The number of methoxy groups -OCH3 is 2. The molecule has 1 atom stereocenters. The maximum atomic E-state index is 5.53. The van der Waals surface area contributed by atoms with Crippen LogP contribution in [0.4, 0.5) is 0 Å². The van der Waals surface area contributed by atoms with Crippen molar-refractivity contribution >= 4 is 11.3 Å². The van der Waals surface area contributed by atoms with E-state index in [1.165, 1.54) is 0 Å². The molecule has 1 heterocycles. The maximum absolute atomic E-state index is 5.53. The number of ether oxygens (including phenoxy) is 2. The lowest BCUT2D eigenvalue weighted by Gasteiger charge is -2.21. The number of rotatable bonds is 8. The minimum absolute atomic E-state index is 0.192. The topological polar surface area (TPSA) is 43.4 Å². The second-order valence-electron chi connectivity index (χ2n) is 4.74. The summed E-state index contributed by atoms with van der Waals surface area (Å²) in [5.74, 6) is 1.65. The smallest absolute Gasteiger partial charge is 0.127 e. The lowest BCUT2D eigenvalue weighted by molar-refractivity contribution is 0.383. The third-order valence-electron chi connectivity index (χ3n) is 3.32. The summed E-state index contributed by atoms with van der Waals surface area (Å²) in [6.45, 7) is 3.13. The second kappa shape index (κ2) is 8.00. The first kappa shape index (κ1) is 15.8. The fourth-order valence-corrected chi connectivity index (χ4v) is 2.91. The van der Waals surface area contributed by atoms with Gasteiger partial charge in [-0.1, -0.05) is 13.0 Å². The number of nitrogens with zero attached hydrogens (tertiary/aromatic N) is 1. The Morgan fingerprint density at radius 3 is 2.76 bits per heavy atom. The Balaban J connectivity index is 2.26. The molecule has 1 aromatic carbocycles. The zero-order chi connectivity index (χ0) is 15.1. The zero-order valence-corrected chi connectivity index (χ0v) is 13.6. The Morgan fingerprint density at radius 2 is 2.14 bits per heavy atom. The Kier molecular flexibility index (Phi) is 6.02. The van der Waals surface area contributed by atoms with Crippen molar-refractivity contribution in [3.05, 3.63) is 40.3 Å². The largest absolute Gasteiger partial charge is 0.497 e. The molecule has 0 saturated carbocycles. The summed E-state index contributed by atoms with van der Waals surface area (Å²) in [4.78, 5) is 4.39. The fraction of sp³-hybridized carbons (Fsp3) is 0.438. The molecular weight excluding hydrogens is 284 g/mol. The molecule has 0 radical (unpaired) electrons. The summed E-state index contributed by atoms with van der Waals surface area (Å²) >= 11 is 1.68. The average molecular weight is 306 g/mol. The molecule has 0 aliphatic rings. The predicted octanol–water partition coefficient (Wildman–Crippen LogP) is 3.44. The van der Waals surface area contributed by atoms with E-state index in [0.717, 1.165) is 41.5 Å². The molecule has 1 N–H and O–H groups in total. The first-order valence-electron chi connectivity index (χ1n) is 7.12. The van der Waals surface area contributed by atoms with E-state index >= 15 is 0 Å². The Bertz CT molecular complexity index is 543. The summed E-state index contributed by atoms with van der Waals surface area (Å²) in [5.41, 5.74) is 1.14. The van der Waals surface area contributed by atoms with Crippen molar-refractivity contribution in [1.29, 1.82) is 0 Å². The molecule has 0 bridgehead atoms. The Morgan fingerprint density at radius 1 is 1.29 bits per heavy atom. The number of thiazole rings is 1. The van der Waals surface area contributed by atoms with Crippen molar-refractivity contribution in [2.75, 3.05) is 20.8 Å². The number of aromatic nitrogens is 1. The van der Waals surface area contributed by atoms with Crippen molar-refractivity contribution in [2.45, 2.75) is 25.8 Å². The van der Waals surface area contributed by atoms with E-state index in [2.05, 4.69) is 23.3 Å². The molecule has 1 unspecified atom stereocenters. The van der Waals surface area contributed by atoms with Crippen molar-refractivity contribution in [3.63, 3.8) is 0 Å². The van der Waals surface area contributed by atoms with Gasteiger partial charge in [-0.25, -0.2) is 4.98 Å². The predicted molar refractivity (Wildman–Crippen MR) is 86.4 cm³/mol. The van der Waals surface area contributed by atoms with Gasteiger partial charge in [0.15, 0.2) is 0 Å². The maximum Gasteiger partial charge on any atom is 0.127 e. The van der Waals surface area contributed by atoms with Gasteiger partial charge in [0.1, 0.15) is 11.5 Å². The van der Waals surface area contributed by atoms with Gasteiger partial charge >= 0.3 is 0 Å². The minimum atomic E-state index is 0.192. The summed E-state index contributed by atoms with van der Waals surface area (Å²) in [6.07, 6.45) is 3.80. The molecule has 0 aliphatic carbocycles. The zero-order valence-electron chi connectivity index (χ0n) is 12.8. The van der Waals surface area contributed by atoms with Crippen molar-refractivity contribution in [3.8, 4) is 11.5 Å². The molecule has 114 valence electrons. The van der Waals surface area contributed by atoms with Gasteiger partial charge < -0.3 is 14.8 Å². The Hall–Kier alpha value is -1.59. The summed E-state index contributed by atoms with van der Waals surface area (Å²) < 4.78 is 10.8. The monoisotopic (exact) mass is 306 g/mol. The van der Waals surface area contributed by atoms with E-state index in [9.17, 15) is 0 Å². The summed E-state index contributed by atoms with van der Waals surface area (Å²) in [7, 11) is 3.36. The highest BCUT2D eigenvalue weighted by Gasteiger charge is 2.18. The highest BCUT2D eigenvalue weighted by Crippen LogP contribution is 2.31. The normalized spacial score (nSPS) is 12.1. The van der Waals surface area contributed by atoms with Gasteiger partial charge in [-0.15, -0.1) is 11.3 Å². The standard InChI is InChI=1S/C16H22N2O2S/c1-4-7-17-14(11-16-18-8-9-21-16)13-6-5-12(19-2)10-15(13)20-3/h5-6,8-10,14,17H,4,7,11H2,1-3H3. The number of nitrogens with one attached hydrogen (secondary N) is 1. The fourth-order valence-electron chi connectivity index (χ4n) is 2.25. The molecular formula is C16H22N2O2S. The van der Waals surface area contributed by atoms with Crippen LogP contribution in [0.2, 0.25) is 0 Å². The van der Waals surface area contributed by atoms with Gasteiger partial charge in [0.25, 0.3) is 0 Å². The van der Waals surface area contributed by atoms with E-state index in [4.69, 9.17) is 9.47 Å². The average Bonchev–Trinajstić information content (AvgIpc) is 3.03. The van der Waals surface area contributed by atoms with Gasteiger partial charge in [0.2, 0.25) is 0 Å². The van der Waals surface area contributed by atoms with E-state index in [-0.39, 0.29) is 6.04 Å². The van der Waals surface area contributed by atoms with E-state index in [1.807, 2.05) is 23.7 Å². The minimum Gasteiger partial charge on any atom is -0.497 e. The van der Waals surface area contributed by atoms with Crippen LogP contribution in [-0.2, 0) is 6.42 Å². The lowest BCUT2D eigenvalue weighted by Crippen LogP contribution is -2.24. The first-order chi connectivity index (χ1) is 10.3. The molecule has 0 spiro atoms. The molecule has 4 nitrogen and oxygen atoms in total. The Labute approximate surface area is 130 Å². The first-order valence-corrected chi connectivity index (χ1v) is 8.00. The summed E-state index contributed by atoms with van der Waals surface area (Å²) in [6, 6.07) is 6.16. The lowest BCUT2D eigenvalue weighted by atomic mass is 10.0. The van der Waals surface area contributed by atoms with Gasteiger partial charge in [-0.2, -0.15) is 0 Å². The third kappa shape index (κ3) is 4.19. The highest BCUT2D eigenvalue weighted by atomic mass is 32.1. The molecule has 0 fully saturated rings. The van der Waals surface area contributed by atoms with Crippen LogP contribution in [0, 0.1) is 0 Å². The molecule has 0 saturated heterocycles. The van der Waals surface area contributed by atoms with Crippen LogP contribution in [0.25, 0.3) is 0 Å². The highest BCUT2D eigenvalue weighted by molar-refractivity contribution is 7.09. The van der Waals surface area contributed by atoms with Crippen LogP contribution in [0.5, 0.6) is 11.5 Å². The number of hydrogen-bond acceptors (Lipinski definition) is 5. The van der Waals surface area contributed by atoms with Crippen LogP contribution in [-0.4, -0.2) is 25.7 Å². The molecule has 0 aliphatic heterocycles. The molecule has 0 amide bonds. The van der Waals surface area contributed by atoms with Gasteiger partial charge in [-0.3, -0.25) is 0 Å². The molecule has 2 aromatic rings. The van der Waals surface area contributed by atoms with E-state index < -0.39 is 0 Å². The van der Waals surface area contributed by atoms with E-state index in [0.29, 0.717) is 0 Å². The van der Waals surface area contributed by atoms with Crippen molar-refractivity contribution in [1.82, 2.24) is 10.3 Å². The quantitative estimate of drug-likeness (QED) is 0.811. The van der Waals surface area contributed by atoms with Crippen LogP contribution in [0.15, 0.2) is 29.8 Å². The van der Waals surface area contributed by atoms with Crippen LogP contribution in [0.3, 0.4) is 0 Å². The van der Waals surface area contributed by atoms with Crippen LogP contribution in [0.1, 0.15) is 30.0 Å². The molecule has 5 heteroatoms. The molecule has 21 heavy (non-hydrogen) atoms. The van der Waals surface area contributed by atoms with Gasteiger partial charge in [-0.05, 0) is 19.0 Å².